The van der Waals surface area contributed by atoms with E-state index >= 15 is 0 Å². The smallest absolute Gasteiger partial charge is 0.267 e. The molecular formula is C16H14N2O3S3. The van der Waals surface area contributed by atoms with Crippen LogP contribution in [0.1, 0.15) is 15.4 Å². The summed E-state index contributed by atoms with van der Waals surface area (Å²) in [6.07, 6.45) is 1.12. The van der Waals surface area contributed by atoms with Crippen molar-refractivity contribution in [3.05, 3.63) is 52.3 Å². The fourth-order valence-electron chi connectivity index (χ4n) is 2.19. The van der Waals surface area contributed by atoms with E-state index < -0.39 is 9.84 Å². The molecule has 3 aromatic rings. The first-order valence-electron chi connectivity index (χ1n) is 6.98. The number of nitrogens with one attached hydrogen (secondary N) is 1. The molecule has 124 valence electrons. The van der Waals surface area contributed by atoms with Gasteiger partial charge >= 0.3 is 0 Å². The molecule has 5 nitrogen and oxygen atoms in total. The lowest BCUT2D eigenvalue weighted by Crippen LogP contribution is -2.14. The van der Waals surface area contributed by atoms with Gasteiger partial charge in [-0.25, -0.2) is 13.4 Å². The Labute approximate surface area is 147 Å². The summed E-state index contributed by atoms with van der Waals surface area (Å²) in [5, 5.41) is 5.42. The summed E-state index contributed by atoms with van der Waals surface area (Å²) in [5.41, 5.74) is 0.896. The highest BCUT2D eigenvalue weighted by Crippen LogP contribution is 2.32. The summed E-state index contributed by atoms with van der Waals surface area (Å²) in [7, 11) is -3.43. The van der Waals surface area contributed by atoms with Crippen LogP contribution in [-0.2, 0) is 9.84 Å². The van der Waals surface area contributed by atoms with Crippen molar-refractivity contribution in [3.63, 3.8) is 0 Å². The van der Waals surface area contributed by atoms with Gasteiger partial charge in [0.25, 0.3) is 5.91 Å². The second-order valence-electron chi connectivity index (χ2n) is 5.13. The Hall–Kier alpha value is -2.03. The predicted octanol–water partition coefficient (Wildman–Crippen LogP) is 3.84. The van der Waals surface area contributed by atoms with Crippen LogP contribution in [0.5, 0.6) is 0 Å². The Morgan fingerprint density at radius 1 is 1.17 bits per heavy atom. The minimum Gasteiger partial charge on any atom is -0.320 e. The number of hydrogen-bond acceptors (Lipinski definition) is 6. The maximum Gasteiger partial charge on any atom is 0.267 e. The van der Waals surface area contributed by atoms with Crippen LogP contribution in [0, 0.1) is 6.92 Å². The number of rotatable bonds is 4. The van der Waals surface area contributed by atoms with E-state index in [4.69, 9.17) is 0 Å². The van der Waals surface area contributed by atoms with Gasteiger partial charge in [0.15, 0.2) is 9.84 Å². The Morgan fingerprint density at radius 2 is 1.92 bits per heavy atom. The number of amides is 1. The number of hydrogen-bond donors (Lipinski definition) is 1. The van der Waals surface area contributed by atoms with Crippen molar-refractivity contribution in [1.29, 1.82) is 0 Å². The van der Waals surface area contributed by atoms with Crippen LogP contribution in [0.15, 0.2) is 46.7 Å². The van der Waals surface area contributed by atoms with Crippen LogP contribution in [0.4, 0.5) is 5.69 Å². The molecule has 0 saturated heterocycles. The lowest BCUT2D eigenvalue weighted by molar-refractivity contribution is 0.102. The average Bonchev–Trinajstić information content (AvgIpc) is 3.15. The third-order valence-corrected chi connectivity index (χ3v) is 6.62. The van der Waals surface area contributed by atoms with Gasteiger partial charge in [-0.15, -0.1) is 22.7 Å². The zero-order valence-electron chi connectivity index (χ0n) is 12.9. The van der Waals surface area contributed by atoms with E-state index in [1.54, 1.807) is 36.5 Å². The Morgan fingerprint density at radius 3 is 2.58 bits per heavy atom. The van der Waals surface area contributed by atoms with Gasteiger partial charge in [0.1, 0.15) is 9.88 Å². The number of aromatic nitrogens is 1. The number of carbonyl (C=O) groups excluding carboxylic acids is 1. The maximum absolute atomic E-state index is 12.6. The molecule has 0 radical (unpaired) electrons. The molecule has 24 heavy (non-hydrogen) atoms. The van der Waals surface area contributed by atoms with Crippen molar-refractivity contribution in [3.8, 4) is 9.88 Å². The van der Waals surface area contributed by atoms with E-state index in [2.05, 4.69) is 10.3 Å². The van der Waals surface area contributed by atoms with Gasteiger partial charge in [-0.2, -0.15) is 0 Å². The van der Waals surface area contributed by atoms with Crippen molar-refractivity contribution in [2.24, 2.45) is 0 Å². The number of benzene rings is 1. The predicted molar refractivity (Wildman–Crippen MR) is 97.7 cm³/mol. The molecule has 0 saturated carbocycles. The molecule has 3 rings (SSSR count). The quantitative estimate of drug-likeness (QED) is 0.748. The average molecular weight is 379 g/mol. The van der Waals surface area contributed by atoms with Gasteiger partial charge in [0.2, 0.25) is 0 Å². The number of anilines is 1. The molecule has 1 N–H and O–H groups in total. The summed E-state index contributed by atoms with van der Waals surface area (Å²) in [6.45, 7) is 1.77. The molecule has 0 aliphatic heterocycles. The Balaban J connectivity index is 1.92. The van der Waals surface area contributed by atoms with Gasteiger partial charge in [0, 0.05) is 6.26 Å². The largest absolute Gasteiger partial charge is 0.320 e. The number of aryl methyl sites for hydroxylation is 1. The van der Waals surface area contributed by atoms with Crippen LogP contribution < -0.4 is 5.32 Å². The molecule has 1 amide bonds. The summed E-state index contributed by atoms with van der Waals surface area (Å²) < 4.78 is 23.7. The van der Waals surface area contributed by atoms with E-state index in [9.17, 15) is 13.2 Å². The first-order valence-corrected chi connectivity index (χ1v) is 10.6. The molecular weight excluding hydrogens is 364 g/mol. The van der Waals surface area contributed by atoms with Crippen molar-refractivity contribution in [1.82, 2.24) is 4.98 Å². The summed E-state index contributed by atoms with van der Waals surface area (Å²) in [4.78, 5) is 18.6. The number of para-hydroxylation sites is 1. The lowest BCUT2D eigenvalue weighted by Gasteiger charge is -2.08. The fourth-order valence-corrected chi connectivity index (χ4v) is 4.79. The number of thiazole rings is 1. The number of sulfone groups is 1. The van der Waals surface area contributed by atoms with Gasteiger partial charge in [0.05, 0.1) is 21.2 Å². The summed E-state index contributed by atoms with van der Waals surface area (Å²) in [5.74, 6) is -0.357. The second kappa shape index (κ2) is 6.46. The Bertz CT molecular complexity index is 990. The van der Waals surface area contributed by atoms with Gasteiger partial charge in [-0.1, -0.05) is 18.2 Å². The van der Waals surface area contributed by atoms with E-state index in [0.29, 0.717) is 10.6 Å². The molecule has 1 aromatic carbocycles. The first-order chi connectivity index (χ1) is 11.4. The minimum atomic E-state index is -3.43. The first kappa shape index (κ1) is 16.8. The summed E-state index contributed by atoms with van der Waals surface area (Å²) in [6, 6.07) is 10.2. The molecule has 2 aromatic heterocycles. The van der Waals surface area contributed by atoms with Gasteiger partial charge in [-0.05, 0) is 30.5 Å². The minimum absolute atomic E-state index is 0.0963. The van der Waals surface area contributed by atoms with Crippen molar-refractivity contribution >= 4 is 44.1 Å². The molecule has 0 atom stereocenters. The molecule has 0 aliphatic rings. The van der Waals surface area contributed by atoms with Crippen molar-refractivity contribution < 1.29 is 13.2 Å². The van der Waals surface area contributed by atoms with Crippen LogP contribution in [-0.4, -0.2) is 25.6 Å². The van der Waals surface area contributed by atoms with Crippen molar-refractivity contribution in [2.45, 2.75) is 11.8 Å². The SMILES string of the molecule is Cc1nc(-c2cccs2)sc1C(=O)Nc1ccccc1S(C)(=O)=O. The third-order valence-electron chi connectivity index (χ3n) is 3.27. The van der Waals surface area contributed by atoms with Crippen LogP contribution in [0.25, 0.3) is 9.88 Å². The van der Waals surface area contributed by atoms with E-state index in [1.807, 2.05) is 17.5 Å². The zero-order chi connectivity index (χ0) is 17.3. The normalized spacial score (nSPS) is 11.4. The Kier molecular flexibility index (Phi) is 4.53. The molecule has 2 heterocycles. The molecule has 0 fully saturated rings. The van der Waals surface area contributed by atoms with Gasteiger partial charge in [-0.3, -0.25) is 4.79 Å². The zero-order valence-corrected chi connectivity index (χ0v) is 15.4. The molecule has 0 unspecified atom stereocenters. The van der Waals surface area contributed by atoms with Gasteiger partial charge < -0.3 is 5.32 Å². The van der Waals surface area contributed by atoms with E-state index in [-0.39, 0.29) is 16.5 Å². The second-order valence-corrected chi connectivity index (χ2v) is 9.06. The molecule has 8 heteroatoms. The number of carbonyl (C=O) groups is 1. The molecule has 0 spiro atoms. The highest BCUT2D eigenvalue weighted by atomic mass is 32.2. The highest BCUT2D eigenvalue weighted by Gasteiger charge is 2.19. The highest BCUT2D eigenvalue weighted by molar-refractivity contribution is 7.90. The molecule has 0 bridgehead atoms. The number of thiophene rings is 1. The van der Waals surface area contributed by atoms with Crippen molar-refractivity contribution in [2.75, 3.05) is 11.6 Å². The van der Waals surface area contributed by atoms with E-state index in [0.717, 1.165) is 16.1 Å². The van der Waals surface area contributed by atoms with E-state index in [1.165, 1.54) is 17.4 Å². The summed E-state index contributed by atoms with van der Waals surface area (Å²) >= 11 is 2.85. The lowest BCUT2D eigenvalue weighted by atomic mass is 10.3. The topological polar surface area (TPSA) is 76.1 Å². The monoisotopic (exact) mass is 378 g/mol. The number of nitrogens with zero attached hydrogens (tertiary/aromatic N) is 1. The van der Waals surface area contributed by atoms with Crippen LogP contribution in [0.2, 0.25) is 0 Å². The van der Waals surface area contributed by atoms with Crippen LogP contribution >= 0.6 is 22.7 Å². The molecule has 0 aliphatic carbocycles. The standard InChI is InChI=1S/C16H14N2O3S3/c1-10-14(23-16(17-10)12-7-5-9-22-12)15(19)18-11-6-3-4-8-13(11)24(2,20)21/h3-9H,1-2H3,(H,18,19). The van der Waals surface area contributed by atoms with Crippen LogP contribution in [0.3, 0.4) is 0 Å². The fraction of sp³-hybridized carbons (Fsp3) is 0.125. The third kappa shape index (κ3) is 3.40. The maximum atomic E-state index is 12.6.